The van der Waals surface area contributed by atoms with Crippen LogP contribution in [0.25, 0.3) is 0 Å². The van der Waals surface area contributed by atoms with Crippen molar-refractivity contribution in [3.63, 3.8) is 0 Å². The van der Waals surface area contributed by atoms with Gasteiger partial charge < -0.3 is 10.2 Å². The molecule has 0 amide bonds. The molecule has 0 atom stereocenters. The molecule has 1 aromatic rings. The van der Waals surface area contributed by atoms with Crippen molar-refractivity contribution in [3.05, 3.63) is 5.69 Å². The first-order valence-electron chi connectivity index (χ1n) is 5.82. The van der Waals surface area contributed by atoms with Gasteiger partial charge in [-0.25, -0.2) is 0 Å². The van der Waals surface area contributed by atoms with Crippen LogP contribution >= 0.6 is 0 Å². The van der Waals surface area contributed by atoms with Crippen LogP contribution in [0.3, 0.4) is 0 Å². The highest BCUT2D eigenvalue weighted by Crippen LogP contribution is 2.31. The first-order valence-corrected chi connectivity index (χ1v) is 5.82. The number of rotatable bonds is 3. The second-order valence-electron chi connectivity index (χ2n) is 4.04. The molecule has 0 saturated carbocycles. The molecule has 0 fully saturated rings. The topological polar surface area (TPSA) is 33.1 Å². The normalized spacial score (nSPS) is 15.0. The third kappa shape index (κ3) is 1.68. The quantitative estimate of drug-likeness (QED) is 0.819. The molecule has 15 heavy (non-hydrogen) atoms. The zero-order valence-corrected chi connectivity index (χ0v) is 9.88. The van der Waals surface area contributed by atoms with E-state index in [2.05, 4.69) is 29.2 Å². The van der Waals surface area contributed by atoms with Crippen LogP contribution in [0.2, 0.25) is 0 Å². The molecule has 0 aliphatic carbocycles. The molecule has 0 bridgehead atoms. The molecule has 1 aromatic heterocycles. The minimum atomic E-state index is 0.996. The highest BCUT2D eigenvalue weighted by atomic mass is 15.4. The van der Waals surface area contributed by atoms with Gasteiger partial charge in [-0.2, -0.15) is 5.10 Å². The zero-order chi connectivity index (χ0) is 10.8. The Hall–Kier alpha value is -1.19. The van der Waals surface area contributed by atoms with Gasteiger partial charge >= 0.3 is 0 Å². The van der Waals surface area contributed by atoms with Gasteiger partial charge in [0.2, 0.25) is 0 Å². The second-order valence-corrected chi connectivity index (χ2v) is 4.04. The fourth-order valence-corrected chi connectivity index (χ4v) is 2.27. The number of hydrogen-bond acceptors (Lipinski definition) is 3. The molecule has 4 nitrogen and oxygen atoms in total. The maximum absolute atomic E-state index is 4.56. The molecule has 0 aromatic carbocycles. The molecule has 0 unspecified atom stereocenters. The van der Waals surface area contributed by atoms with Crippen LogP contribution in [-0.2, 0) is 13.5 Å². The van der Waals surface area contributed by atoms with Crippen molar-refractivity contribution in [1.29, 1.82) is 0 Å². The average Bonchev–Trinajstić information content (AvgIpc) is 2.57. The van der Waals surface area contributed by atoms with Crippen molar-refractivity contribution >= 4 is 11.5 Å². The summed E-state index contributed by atoms with van der Waals surface area (Å²) in [6.45, 7) is 7.62. The summed E-state index contributed by atoms with van der Waals surface area (Å²) in [4.78, 5) is 2.43. The van der Waals surface area contributed by atoms with Crippen LogP contribution in [-0.4, -0.2) is 29.4 Å². The molecule has 0 saturated heterocycles. The summed E-state index contributed by atoms with van der Waals surface area (Å²) in [6.07, 6.45) is 2.18. The van der Waals surface area contributed by atoms with Gasteiger partial charge in [0.15, 0.2) is 5.82 Å². The number of nitrogens with zero attached hydrogens (tertiary/aromatic N) is 3. The third-order valence-corrected chi connectivity index (χ3v) is 2.90. The Morgan fingerprint density at radius 1 is 1.40 bits per heavy atom. The van der Waals surface area contributed by atoms with Crippen molar-refractivity contribution in [2.24, 2.45) is 7.05 Å². The van der Waals surface area contributed by atoms with Gasteiger partial charge in [0.25, 0.3) is 0 Å². The molecule has 4 heteroatoms. The molecule has 2 rings (SSSR count). The number of hydrogen-bond donors (Lipinski definition) is 1. The van der Waals surface area contributed by atoms with Crippen LogP contribution in [0.4, 0.5) is 11.5 Å². The highest BCUT2D eigenvalue weighted by Gasteiger charge is 2.23. The van der Waals surface area contributed by atoms with Gasteiger partial charge in [0, 0.05) is 26.7 Å². The molecule has 1 aliphatic heterocycles. The summed E-state index contributed by atoms with van der Waals surface area (Å²) in [5, 5.41) is 8.02. The summed E-state index contributed by atoms with van der Waals surface area (Å²) in [5.74, 6) is 1.26. The van der Waals surface area contributed by atoms with Gasteiger partial charge in [-0.3, -0.25) is 4.68 Å². The van der Waals surface area contributed by atoms with E-state index in [4.69, 9.17) is 0 Å². The number of nitrogens with one attached hydrogen (secondary N) is 1. The van der Waals surface area contributed by atoms with Crippen LogP contribution in [0.1, 0.15) is 26.0 Å². The lowest BCUT2D eigenvalue weighted by Crippen LogP contribution is -2.35. The molecule has 84 valence electrons. The largest absolute Gasteiger partial charge is 0.379 e. The van der Waals surface area contributed by atoms with Gasteiger partial charge in [0.05, 0.1) is 5.69 Å². The second kappa shape index (κ2) is 4.13. The van der Waals surface area contributed by atoms with Gasteiger partial charge in [-0.15, -0.1) is 0 Å². The fourth-order valence-electron chi connectivity index (χ4n) is 2.27. The molecular weight excluding hydrogens is 188 g/mol. The predicted octanol–water partition coefficient (Wildman–Crippen LogP) is 1.62. The van der Waals surface area contributed by atoms with Crippen LogP contribution in [0, 0.1) is 0 Å². The van der Waals surface area contributed by atoms with E-state index in [0.29, 0.717) is 0 Å². The smallest absolute Gasteiger partial charge is 0.150 e. The molecular formula is C11H20N4. The highest BCUT2D eigenvalue weighted by molar-refractivity contribution is 5.71. The molecule has 0 spiro atoms. The van der Waals surface area contributed by atoms with Crippen LogP contribution in [0.5, 0.6) is 0 Å². The SMILES string of the molecule is CCCN1CCNc2c(CC)nn(C)c21. The number of anilines is 2. The molecule has 1 N–H and O–H groups in total. The van der Waals surface area contributed by atoms with Crippen molar-refractivity contribution < 1.29 is 0 Å². The predicted molar refractivity (Wildman–Crippen MR) is 63.6 cm³/mol. The monoisotopic (exact) mass is 208 g/mol. The minimum Gasteiger partial charge on any atom is -0.379 e. The van der Waals surface area contributed by atoms with E-state index in [-0.39, 0.29) is 0 Å². The average molecular weight is 208 g/mol. The summed E-state index contributed by atoms with van der Waals surface area (Å²) < 4.78 is 2.01. The Morgan fingerprint density at radius 2 is 2.20 bits per heavy atom. The van der Waals surface area contributed by atoms with Crippen molar-refractivity contribution in [2.45, 2.75) is 26.7 Å². The van der Waals surface area contributed by atoms with E-state index in [1.807, 2.05) is 11.7 Å². The number of aromatic nitrogens is 2. The maximum atomic E-state index is 4.56. The van der Waals surface area contributed by atoms with Gasteiger partial charge in [0.1, 0.15) is 5.69 Å². The van der Waals surface area contributed by atoms with E-state index in [0.717, 1.165) is 26.1 Å². The maximum Gasteiger partial charge on any atom is 0.150 e. The van der Waals surface area contributed by atoms with E-state index in [9.17, 15) is 0 Å². The lowest BCUT2D eigenvalue weighted by atomic mass is 10.2. The Labute approximate surface area is 91.3 Å². The molecule has 2 heterocycles. The first kappa shape index (κ1) is 10.3. The molecule has 0 radical (unpaired) electrons. The minimum absolute atomic E-state index is 0.996. The van der Waals surface area contributed by atoms with Gasteiger partial charge in [-0.05, 0) is 12.8 Å². The molecule has 1 aliphatic rings. The van der Waals surface area contributed by atoms with Crippen LogP contribution < -0.4 is 10.2 Å². The summed E-state index contributed by atoms with van der Waals surface area (Å²) in [7, 11) is 2.04. The Balaban J connectivity index is 2.37. The van der Waals surface area contributed by atoms with Crippen molar-refractivity contribution in [1.82, 2.24) is 9.78 Å². The lowest BCUT2D eigenvalue weighted by Gasteiger charge is -2.30. The van der Waals surface area contributed by atoms with E-state index in [1.165, 1.54) is 23.6 Å². The Kier molecular flexibility index (Phi) is 2.84. The standard InChI is InChI=1S/C11H20N4/c1-4-7-15-8-6-12-10-9(5-2)13-14(3)11(10)15/h12H,4-8H2,1-3H3. The lowest BCUT2D eigenvalue weighted by molar-refractivity contribution is 0.683. The number of fused-ring (bicyclic) bond motifs is 1. The van der Waals surface area contributed by atoms with Crippen LogP contribution in [0.15, 0.2) is 0 Å². The first-order chi connectivity index (χ1) is 7.27. The summed E-state index contributed by atoms with van der Waals surface area (Å²) in [6, 6.07) is 0. The third-order valence-electron chi connectivity index (χ3n) is 2.90. The van der Waals surface area contributed by atoms with E-state index in [1.54, 1.807) is 0 Å². The summed E-state index contributed by atoms with van der Waals surface area (Å²) >= 11 is 0. The number of aryl methyl sites for hydroxylation is 2. The fraction of sp³-hybridized carbons (Fsp3) is 0.727. The van der Waals surface area contributed by atoms with E-state index < -0.39 is 0 Å². The van der Waals surface area contributed by atoms with Gasteiger partial charge in [-0.1, -0.05) is 13.8 Å². The Morgan fingerprint density at radius 3 is 2.87 bits per heavy atom. The zero-order valence-electron chi connectivity index (χ0n) is 9.88. The van der Waals surface area contributed by atoms with Crippen molar-refractivity contribution in [2.75, 3.05) is 29.9 Å². The van der Waals surface area contributed by atoms with E-state index >= 15 is 0 Å². The Bertz CT molecular complexity index is 343. The van der Waals surface area contributed by atoms with Crippen molar-refractivity contribution in [3.8, 4) is 0 Å². The summed E-state index contributed by atoms with van der Waals surface area (Å²) in [5.41, 5.74) is 2.44.